The van der Waals surface area contributed by atoms with Crippen LogP contribution >= 0.6 is 24.0 Å². The molecule has 2 heterocycles. The van der Waals surface area contributed by atoms with Crippen LogP contribution in [0.4, 0.5) is 0 Å². The third kappa shape index (κ3) is 6.18. The molecule has 0 aliphatic carbocycles. The summed E-state index contributed by atoms with van der Waals surface area (Å²) < 4.78 is 34.2. The van der Waals surface area contributed by atoms with Gasteiger partial charge in [-0.2, -0.15) is 0 Å². The maximum atomic E-state index is 12.2. The molecule has 10 heteroatoms. The lowest BCUT2D eigenvalue weighted by Crippen LogP contribution is -2.57. The van der Waals surface area contributed by atoms with Crippen LogP contribution in [-0.4, -0.2) is 75.2 Å². The fourth-order valence-corrected chi connectivity index (χ4v) is 4.11. The van der Waals surface area contributed by atoms with E-state index in [9.17, 15) is 8.42 Å². The van der Waals surface area contributed by atoms with E-state index in [1.165, 1.54) is 0 Å². The molecule has 0 bridgehead atoms. The van der Waals surface area contributed by atoms with Gasteiger partial charge in [-0.1, -0.05) is 6.07 Å². The molecule has 1 aromatic heterocycles. The van der Waals surface area contributed by atoms with Crippen LogP contribution in [0.5, 0.6) is 5.88 Å². The van der Waals surface area contributed by atoms with Crippen LogP contribution in [0.2, 0.25) is 0 Å². The summed E-state index contributed by atoms with van der Waals surface area (Å²) in [5.74, 6) is 1.34. The number of aliphatic imine (C=N–C) groups is 1. The van der Waals surface area contributed by atoms with Gasteiger partial charge in [-0.05, 0) is 19.9 Å². The summed E-state index contributed by atoms with van der Waals surface area (Å²) in [6.45, 7) is 5.73. The van der Waals surface area contributed by atoms with Gasteiger partial charge in [-0.15, -0.1) is 24.0 Å². The predicted molar refractivity (Wildman–Crippen MR) is 117 cm³/mol. The highest BCUT2D eigenvalue weighted by molar-refractivity contribution is 14.0. The van der Waals surface area contributed by atoms with Gasteiger partial charge in [0.1, 0.15) is 6.61 Å². The molecule has 0 radical (unpaired) electrons. The van der Waals surface area contributed by atoms with E-state index in [1.54, 1.807) is 34.2 Å². The Morgan fingerprint density at radius 2 is 2.15 bits per heavy atom. The third-order valence-electron chi connectivity index (χ3n) is 4.37. The largest absolute Gasteiger partial charge is 0.475 e. The van der Waals surface area contributed by atoms with Gasteiger partial charge in [-0.25, -0.2) is 13.4 Å². The number of guanidine groups is 1. The third-order valence-corrected chi connectivity index (χ3v) is 6.90. The number of aromatic nitrogens is 1. The zero-order valence-corrected chi connectivity index (χ0v) is 19.4. The number of ether oxygens (including phenoxy) is 2. The van der Waals surface area contributed by atoms with Gasteiger partial charge >= 0.3 is 0 Å². The number of sulfone groups is 1. The molecule has 1 fully saturated rings. The zero-order valence-electron chi connectivity index (χ0n) is 16.3. The lowest BCUT2D eigenvalue weighted by Gasteiger charge is -2.39. The van der Waals surface area contributed by atoms with Gasteiger partial charge in [-0.3, -0.25) is 4.99 Å². The first-order chi connectivity index (χ1) is 12.3. The summed E-state index contributed by atoms with van der Waals surface area (Å²) in [5, 5.41) is 3.28. The van der Waals surface area contributed by atoms with E-state index in [0.29, 0.717) is 44.7 Å². The molecule has 1 aliphatic rings. The highest BCUT2D eigenvalue weighted by atomic mass is 127. The summed E-state index contributed by atoms with van der Waals surface area (Å²) in [5.41, 5.74) is 0.897. The Labute approximate surface area is 178 Å². The minimum atomic E-state index is -3.09. The van der Waals surface area contributed by atoms with Crippen molar-refractivity contribution < 1.29 is 17.9 Å². The number of rotatable bonds is 6. The first-order valence-electron chi connectivity index (χ1n) is 8.54. The molecule has 1 aromatic rings. The van der Waals surface area contributed by atoms with Crippen molar-refractivity contribution in [2.75, 3.05) is 46.2 Å². The molecule has 8 nitrogen and oxygen atoms in total. The van der Waals surface area contributed by atoms with Crippen molar-refractivity contribution in [1.29, 1.82) is 0 Å². The lowest BCUT2D eigenvalue weighted by molar-refractivity contribution is 0.143. The van der Waals surface area contributed by atoms with Gasteiger partial charge in [0.2, 0.25) is 5.88 Å². The Balaban J connectivity index is 0.00000364. The number of halogens is 1. The van der Waals surface area contributed by atoms with Gasteiger partial charge in [0.05, 0.1) is 17.1 Å². The molecule has 1 saturated heterocycles. The normalized spacial score (nSPS) is 18.5. The topological polar surface area (TPSA) is 93.1 Å². The van der Waals surface area contributed by atoms with Crippen LogP contribution in [0.3, 0.4) is 0 Å². The van der Waals surface area contributed by atoms with Crippen LogP contribution < -0.4 is 10.1 Å². The predicted octanol–water partition coefficient (Wildman–Crippen LogP) is 1.31. The van der Waals surface area contributed by atoms with Crippen molar-refractivity contribution in [3.8, 4) is 5.88 Å². The lowest BCUT2D eigenvalue weighted by atomic mass is 10.2. The van der Waals surface area contributed by atoms with E-state index in [2.05, 4.69) is 15.3 Å². The quantitative estimate of drug-likeness (QED) is 0.266. The molecule has 0 atom stereocenters. The van der Waals surface area contributed by atoms with E-state index in [0.717, 1.165) is 5.56 Å². The molecular weight excluding hydrogens is 483 g/mol. The molecule has 0 saturated carbocycles. The average molecular weight is 512 g/mol. The molecule has 1 N–H and O–H groups in total. The molecule has 0 aromatic carbocycles. The Morgan fingerprint density at radius 1 is 1.41 bits per heavy atom. The fraction of sp³-hybridized carbons (Fsp3) is 0.647. The van der Waals surface area contributed by atoms with E-state index in [1.807, 2.05) is 17.0 Å². The first-order valence-corrected chi connectivity index (χ1v) is 10.2. The Hall–Kier alpha value is -1.14. The van der Waals surface area contributed by atoms with Crippen LogP contribution in [0.25, 0.3) is 0 Å². The van der Waals surface area contributed by atoms with E-state index >= 15 is 0 Å². The van der Waals surface area contributed by atoms with Crippen molar-refractivity contribution in [2.45, 2.75) is 25.1 Å². The van der Waals surface area contributed by atoms with E-state index in [4.69, 9.17) is 9.47 Å². The summed E-state index contributed by atoms with van der Waals surface area (Å²) in [6, 6.07) is 3.78. The zero-order chi connectivity index (χ0) is 19.2. The van der Waals surface area contributed by atoms with Crippen molar-refractivity contribution in [1.82, 2.24) is 15.2 Å². The Morgan fingerprint density at radius 3 is 2.78 bits per heavy atom. The average Bonchev–Trinajstić information content (AvgIpc) is 2.60. The van der Waals surface area contributed by atoms with Gasteiger partial charge < -0.3 is 19.7 Å². The van der Waals surface area contributed by atoms with Crippen molar-refractivity contribution in [2.24, 2.45) is 4.99 Å². The molecule has 1 aliphatic heterocycles. The van der Waals surface area contributed by atoms with E-state index in [-0.39, 0.29) is 29.7 Å². The second-order valence-electron chi connectivity index (χ2n) is 6.71. The summed E-state index contributed by atoms with van der Waals surface area (Å²) in [6.07, 6.45) is 1.68. The van der Waals surface area contributed by atoms with Gasteiger partial charge in [0.15, 0.2) is 15.8 Å². The number of nitrogens with zero attached hydrogens (tertiary/aromatic N) is 3. The number of pyridine rings is 1. The maximum absolute atomic E-state index is 12.2. The van der Waals surface area contributed by atoms with Crippen LogP contribution in [0.15, 0.2) is 23.3 Å². The van der Waals surface area contributed by atoms with Gasteiger partial charge in [0, 0.05) is 45.6 Å². The molecule has 0 unspecified atom stereocenters. The smallest absolute Gasteiger partial charge is 0.218 e. The van der Waals surface area contributed by atoms with Crippen molar-refractivity contribution in [3.63, 3.8) is 0 Å². The Kier molecular flexibility index (Phi) is 9.22. The highest BCUT2D eigenvalue weighted by Gasteiger charge is 2.40. The second-order valence-corrected chi connectivity index (χ2v) is 9.45. The molecule has 27 heavy (non-hydrogen) atoms. The first kappa shape index (κ1) is 23.9. The van der Waals surface area contributed by atoms with Crippen molar-refractivity contribution in [3.05, 3.63) is 23.9 Å². The Bertz CT molecular complexity index is 740. The highest BCUT2D eigenvalue weighted by Crippen LogP contribution is 2.24. The molecule has 2 rings (SSSR count). The number of hydrogen-bond donors (Lipinski definition) is 1. The summed E-state index contributed by atoms with van der Waals surface area (Å²) >= 11 is 0. The molecular formula is C17H29IN4O4S. The second kappa shape index (κ2) is 10.4. The standard InChI is InChI=1S/C17H28N4O4S.HI/c1-17(2)13-21(8-11-26(17,22)23)16(18-3)20-12-14-6-5-7-19-15(14)25-10-9-24-4;/h5-7H,8-13H2,1-4H3,(H,18,20);1H. The van der Waals surface area contributed by atoms with E-state index < -0.39 is 14.6 Å². The van der Waals surface area contributed by atoms with Crippen LogP contribution in [-0.2, 0) is 21.1 Å². The van der Waals surface area contributed by atoms with Gasteiger partial charge in [0.25, 0.3) is 0 Å². The van der Waals surface area contributed by atoms with Crippen LogP contribution in [0.1, 0.15) is 19.4 Å². The molecule has 0 spiro atoms. The maximum Gasteiger partial charge on any atom is 0.218 e. The minimum absolute atomic E-state index is 0. The van der Waals surface area contributed by atoms with Crippen molar-refractivity contribution >= 4 is 39.8 Å². The summed E-state index contributed by atoms with van der Waals surface area (Å²) in [7, 11) is 0.223. The minimum Gasteiger partial charge on any atom is -0.475 e. The monoisotopic (exact) mass is 512 g/mol. The number of hydrogen-bond acceptors (Lipinski definition) is 6. The molecule has 154 valence electrons. The van der Waals surface area contributed by atoms with Crippen LogP contribution in [0, 0.1) is 0 Å². The summed E-state index contributed by atoms with van der Waals surface area (Å²) in [4.78, 5) is 10.5. The SMILES string of the molecule is CN=C(NCc1cccnc1OCCOC)N1CCS(=O)(=O)C(C)(C)C1.I. The number of nitrogens with one attached hydrogen (secondary N) is 1. The number of methoxy groups -OCH3 is 1. The fourth-order valence-electron chi connectivity index (χ4n) is 2.74. The molecule has 0 amide bonds.